The molecule has 246 valence electrons. The van der Waals surface area contributed by atoms with E-state index < -0.39 is 20.0 Å². The Bertz CT molecular complexity index is 2080. The minimum Gasteiger partial charge on any atom is -0.378 e. The van der Waals surface area contributed by atoms with E-state index in [1.54, 1.807) is 41.2 Å². The third kappa shape index (κ3) is 8.37. The van der Waals surface area contributed by atoms with Crippen LogP contribution in [0.15, 0.2) is 111 Å². The maximum atomic E-state index is 13.1. The number of nitrogens with one attached hydrogen (secondary N) is 2. The van der Waals surface area contributed by atoms with E-state index in [0.29, 0.717) is 35.4 Å². The molecule has 5 aromatic rings. The third-order valence-electron chi connectivity index (χ3n) is 7.31. The van der Waals surface area contributed by atoms with Gasteiger partial charge in [0.25, 0.3) is 0 Å². The van der Waals surface area contributed by atoms with Crippen molar-refractivity contribution in [3.8, 4) is 0 Å². The summed E-state index contributed by atoms with van der Waals surface area (Å²) < 4.78 is 58.7. The van der Waals surface area contributed by atoms with Gasteiger partial charge in [-0.3, -0.25) is 4.68 Å². The lowest BCUT2D eigenvalue weighted by Crippen LogP contribution is -2.26. The van der Waals surface area contributed by atoms with Gasteiger partial charge in [0.05, 0.1) is 33.4 Å². The molecular weight excluding hydrogens is 639 g/mol. The molecule has 0 bridgehead atoms. The molecule has 4 aromatic carbocycles. The van der Waals surface area contributed by atoms with Crippen molar-refractivity contribution in [3.05, 3.63) is 96.8 Å². The lowest BCUT2D eigenvalue weighted by molar-refractivity contribution is 0.542. The normalized spacial score (nSPS) is 12.2. The molecule has 15 heteroatoms. The summed E-state index contributed by atoms with van der Waals surface area (Å²) in [4.78, 5) is 4.23. The number of aryl methyl sites for hydroxylation is 1. The highest BCUT2D eigenvalue weighted by Gasteiger charge is 2.18. The fourth-order valence-electron chi connectivity index (χ4n) is 4.82. The Morgan fingerprint density at radius 2 is 1.36 bits per heavy atom. The van der Waals surface area contributed by atoms with Crippen LogP contribution in [-0.2, 0) is 33.1 Å². The molecule has 1 aromatic heterocycles. The molecule has 1 heterocycles. The molecule has 0 atom stereocenters. The standard InChI is InChI=1S/C32H37N9O4S2/c1-39(2)27-16-12-24(13-17-27)35-36-25-14-18-28(19-15-25)46(42,43)34-22-26-23-41(38-37-26)21-7-20-33-47(44,45)32-11-6-8-29-30(32)9-5-10-31(29)40(3)4/h5-6,8-19,23,33-34H,7,20-22H2,1-4H3. The zero-order valence-corrected chi connectivity index (χ0v) is 28.2. The first-order valence-electron chi connectivity index (χ1n) is 14.8. The zero-order chi connectivity index (χ0) is 33.6. The molecule has 5 rings (SSSR count). The lowest BCUT2D eigenvalue weighted by Gasteiger charge is -2.17. The molecule has 0 aliphatic rings. The van der Waals surface area contributed by atoms with Crippen molar-refractivity contribution in [1.82, 2.24) is 24.4 Å². The second-order valence-corrected chi connectivity index (χ2v) is 14.7. The molecule has 0 aliphatic heterocycles. The molecule has 47 heavy (non-hydrogen) atoms. The van der Waals surface area contributed by atoms with Crippen molar-refractivity contribution in [2.75, 3.05) is 44.5 Å². The molecule has 0 unspecified atom stereocenters. The predicted octanol–water partition coefficient (Wildman–Crippen LogP) is 4.83. The van der Waals surface area contributed by atoms with Gasteiger partial charge in [0.2, 0.25) is 20.0 Å². The molecule has 2 N–H and O–H groups in total. The van der Waals surface area contributed by atoms with Crippen LogP contribution in [0.3, 0.4) is 0 Å². The van der Waals surface area contributed by atoms with Gasteiger partial charge in [0, 0.05) is 69.6 Å². The van der Waals surface area contributed by atoms with Gasteiger partial charge in [0.15, 0.2) is 0 Å². The summed E-state index contributed by atoms with van der Waals surface area (Å²) in [5, 5.41) is 18.0. The number of benzene rings is 4. The average Bonchev–Trinajstić information content (AvgIpc) is 3.52. The first-order chi connectivity index (χ1) is 22.4. The van der Waals surface area contributed by atoms with Gasteiger partial charge in [-0.25, -0.2) is 26.3 Å². The van der Waals surface area contributed by atoms with E-state index in [0.717, 1.165) is 16.8 Å². The van der Waals surface area contributed by atoms with Gasteiger partial charge in [-0.2, -0.15) is 10.2 Å². The molecule has 0 radical (unpaired) electrons. The van der Waals surface area contributed by atoms with E-state index >= 15 is 0 Å². The van der Waals surface area contributed by atoms with Crippen LogP contribution in [0.1, 0.15) is 12.1 Å². The minimum absolute atomic E-state index is 0.0601. The number of anilines is 2. The summed E-state index contributed by atoms with van der Waals surface area (Å²) in [5.74, 6) is 0. The second-order valence-electron chi connectivity index (χ2n) is 11.2. The predicted molar refractivity (Wildman–Crippen MR) is 184 cm³/mol. The molecule has 0 amide bonds. The fourth-order valence-corrected chi connectivity index (χ4v) is 7.11. The van der Waals surface area contributed by atoms with Crippen LogP contribution >= 0.6 is 0 Å². The van der Waals surface area contributed by atoms with E-state index in [1.807, 2.05) is 80.5 Å². The molecule has 0 spiro atoms. The third-order valence-corrected chi connectivity index (χ3v) is 10.2. The van der Waals surface area contributed by atoms with Crippen molar-refractivity contribution in [2.45, 2.75) is 29.3 Å². The van der Waals surface area contributed by atoms with Crippen LogP contribution in [0.5, 0.6) is 0 Å². The van der Waals surface area contributed by atoms with Gasteiger partial charge in [-0.15, -0.1) is 5.10 Å². The SMILES string of the molecule is CN(C)c1ccc(N=Nc2ccc(S(=O)(=O)NCc3cn(CCCNS(=O)(=O)c4cccc5c(N(C)C)cccc45)nn3)cc2)cc1. The number of rotatable bonds is 14. The quantitative estimate of drug-likeness (QED) is 0.125. The number of fused-ring (bicyclic) bond motifs is 1. The van der Waals surface area contributed by atoms with Crippen molar-refractivity contribution < 1.29 is 16.8 Å². The summed E-state index contributed by atoms with van der Waals surface area (Å²) >= 11 is 0. The Balaban J connectivity index is 1.11. The largest absolute Gasteiger partial charge is 0.378 e. The van der Waals surface area contributed by atoms with Crippen LogP contribution in [0.2, 0.25) is 0 Å². The molecule has 0 saturated heterocycles. The summed E-state index contributed by atoms with van der Waals surface area (Å²) in [6, 6.07) is 24.5. The Labute approximate surface area is 275 Å². The lowest BCUT2D eigenvalue weighted by atomic mass is 10.1. The summed E-state index contributed by atoms with van der Waals surface area (Å²) in [5.41, 5.74) is 3.60. The summed E-state index contributed by atoms with van der Waals surface area (Å²) in [6.07, 6.45) is 2.08. The number of aromatic nitrogens is 3. The van der Waals surface area contributed by atoms with Gasteiger partial charge >= 0.3 is 0 Å². The Morgan fingerprint density at radius 1 is 0.723 bits per heavy atom. The zero-order valence-electron chi connectivity index (χ0n) is 26.6. The van der Waals surface area contributed by atoms with Crippen molar-refractivity contribution in [3.63, 3.8) is 0 Å². The van der Waals surface area contributed by atoms with Crippen LogP contribution in [0, 0.1) is 0 Å². The fraction of sp³-hybridized carbons (Fsp3) is 0.250. The highest BCUT2D eigenvalue weighted by Crippen LogP contribution is 2.30. The Kier molecular flexibility index (Phi) is 10.3. The smallest absolute Gasteiger partial charge is 0.241 e. The van der Waals surface area contributed by atoms with E-state index in [-0.39, 0.29) is 22.9 Å². The number of azo groups is 1. The van der Waals surface area contributed by atoms with E-state index in [2.05, 4.69) is 30.0 Å². The van der Waals surface area contributed by atoms with Gasteiger partial charge in [-0.1, -0.05) is 29.5 Å². The number of hydrogen-bond donors (Lipinski definition) is 2. The van der Waals surface area contributed by atoms with Crippen molar-refractivity contribution >= 4 is 53.6 Å². The van der Waals surface area contributed by atoms with Gasteiger partial charge in [-0.05, 0) is 67.1 Å². The maximum Gasteiger partial charge on any atom is 0.241 e. The Hall–Kier alpha value is -4.70. The molecule has 0 saturated carbocycles. The second kappa shape index (κ2) is 14.4. The number of hydrogen-bond acceptors (Lipinski definition) is 10. The van der Waals surface area contributed by atoms with Crippen molar-refractivity contribution in [2.24, 2.45) is 10.2 Å². The molecular formula is C32H37N9O4S2. The molecule has 0 fully saturated rings. The van der Waals surface area contributed by atoms with Gasteiger partial charge in [0.1, 0.15) is 0 Å². The highest BCUT2D eigenvalue weighted by molar-refractivity contribution is 7.90. The average molecular weight is 676 g/mol. The summed E-state index contributed by atoms with van der Waals surface area (Å²) in [7, 11) is 0.173. The summed E-state index contributed by atoms with van der Waals surface area (Å²) in [6.45, 7) is 0.514. The molecule has 0 aliphatic carbocycles. The number of nitrogens with zero attached hydrogens (tertiary/aromatic N) is 7. The molecule has 13 nitrogen and oxygen atoms in total. The number of sulfonamides is 2. The monoisotopic (exact) mass is 675 g/mol. The van der Waals surface area contributed by atoms with Crippen LogP contribution in [-0.4, -0.2) is 66.6 Å². The van der Waals surface area contributed by atoms with E-state index in [9.17, 15) is 16.8 Å². The van der Waals surface area contributed by atoms with Crippen LogP contribution in [0.25, 0.3) is 10.8 Å². The van der Waals surface area contributed by atoms with E-state index in [1.165, 1.54) is 12.1 Å². The first-order valence-corrected chi connectivity index (χ1v) is 17.8. The van der Waals surface area contributed by atoms with E-state index in [4.69, 9.17) is 0 Å². The minimum atomic E-state index is -3.82. The van der Waals surface area contributed by atoms with Crippen LogP contribution < -0.4 is 19.2 Å². The maximum absolute atomic E-state index is 13.1. The van der Waals surface area contributed by atoms with Crippen LogP contribution in [0.4, 0.5) is 22.7 Å². The highest BCUT2D eigenvalue weighted by atomic mass is 32.2. The first kappa shape index (κ1) is 33.7. The van der Waals surface area contributed by atoms with Crippen molar-refractivity contribution in [1.29, 1.82) is 0 Å². The Morgan fingerprint density at radius 3 is 2.02 bits per heavy atom. The van der Waals surface area contributed by atoms with Gasteiger partial charge < -0.3 is 9.80 Å². The topological polar surface area (TPSA) is 154 Å².